The number of carboxylic acids is 1. The van der Waals surface area contributed by atoms with E-state index in [-0.39, 0.29) is 35.2 Å². The summed E-state index contributed by atoms with van der Waals surface area (Å²) in [6.07, 6.45) is 7.24. The average molecular weight is 574 g/mol. The summed E-state index contributed by atoms with van der Waals surface area (Å²) in [5.74, 6) is 1.96. The predicted molar refractivity (Wildman–Crippen MR) is 157 cm³/mol. The van der Waals surface area contributed by atoms with Gasteiger partial charge in [0.25, 0.3) is 0 Å². The molecule has 7 nitrogen and oxygen atoms in total. The molecule has 0 unspecified atom stereocenters. The van der Waals surface area contributed by atoms with Crippen LogP contribution in [0.25, 0.3) is 0 Å². The first-order chi connectivity index (χ1) is 20.5. The van der Waals surface area contributed by atoms with E-state index in [1.165, 1.54) is 24.0 Å². The standard InChI is InChI=1S/C35H43NO6/c1-39-27-12-10-24-18-28-33-14-15-35(40-2,26(25(33)11-13-29(37)38)21-41-20-23-6-4-3-5-7-23)32-34(33,30(24)31(27)42-32)16-17-36(28)19-22-8-9-22/h3-7,10,12,22,25-26,28,32H,8-9,11,13-21H2,1-2H3,(H,37,38)/t25-,26-,28+,32+,33+,34-,35+/m0/s1. The van der Waals surface area contributed by atoms with Crippen molar-refractivity contribution in [2.75, 3.05) is 33.9 Å². The van der Waals surface area contributed by atoms with Crippen LogP contribution in [0.15, 0.2) is 42.5 Å². The van der Waals surface area contributed by atoms with E-state index in [0.717, 1.165) is 61.8 Å². The molecule has 7 atom stereocenters. The molecular formula is C35H43NO6. The van der Waals surface area contributed by atoms with Crippen LogP contribution in [0.4, 0.5) is 0 Å². The monoisotopic (exact) mass is 573 g/mol. The molecule has 2 spiro atoms. The molecule has 1 N–H and O–H groups in total. The van der Waals surface area contributed by atoms with Gasteiger partial charge >= 0.3 is 5.97 Å². The molecule has 42 heavy (non-hydrogen) atoms. The van der Waals surface area contributed by atoms with Crippen LogP contribution in [0, 0.1) is 23.2 Å². The highest BCUT2D eigenvalue weighted by Crippen LogP contribution is 2.78. The maximum absolute atomic E-state index is 12.2. The van der Waals surface area contributed by atoms with E-state index >= 15 is 0 Å². The van der Waals surface area contributed by atoms with Gasteiger partial charge in [0.1, 0.15) is 11.7 Å². The number of nitrogens with zero attached hydrogens (tertiary/aromatic N) is 1. The van der Waals surface area contributed by atoms with Crippen LogP contribution < -0.4 is 9.47 Å². The summed E-state index contributed by atoms with van der Waals surface area (Å²) in [5.41, 5.74) is 2.99. The Morgan fingerprint density at radius 2 is 1.90 bits per heavy atom. The molecule has 7 heteroatoms. The third kappa shape index (κ3) is 3.47. The fourth-order valence-electron chi connectivity index (χ4n) is 10.8. The summed E-state index contributed by atoms with van der Waals surface area (Å²) < 4.78 is 26.4. The second-order valence-electron chi connectivity index (χ2n) is 13.9. The first-order valence-electron chi connectivity index (χ1n) is 16.0. The molecule has 0 radical (unpaired) electrons. The topological polar surface area (TPSA) is 77.5 Å². The fourth-order valence-corrected chi connectivity index (χ4v) is 10.8. The minimum absolute atomic E-state index is 0.0302. The van der Waals surface area contributed by atoms with E-state index in [9.17, 15) is 9.90 Å². The summed E-state index contributed by atoms with van der Waals surface area (Å²) in [6.45, 7) is 3.27. The smallest absolute Gasteiger partial charge is 0.303 e. The molecule has 4 saturated carbocycles. The van der Waals surface area contributed by atoms with Crippen LogP contribution in [-0.4, -0.2) is 67.6 Å². The predicted octanol–water partition coefficient (Wildman–Crippen LogP) is 5.23. The third-order valence-electron chi connectivity index (χ3n) is 12.4. The zero-order chi connectivity index (χ0) is 28.7. The van der Waals surface area contributed by atoms with Crippen molar-refractivity contribution < 1.29 is 28.8 Å². The van der Waals surface area contributed by atoms with E-state index in [1.54, 1.807) is 7.11 Å². The Bertz CT molecular complexity index is 1380. The minimum Gasteiger partial charge on any atom is -0.493 e. The number of carbonyl (C=O) groups is 1. The number of aliphatic carboxylic acids is 1. The maximum atomic E-state index is 12.2. The number of carboxylic acid groups (broad SMARTS) is 1. The molecule has 5 fully saturated rings. The van der Waals surface area contributed by atoms with Gasteiger partial charge in [0.15, 0.2) is 11.5 Å². The van der Waals surface area contributed by atoms with Crippen molar-refractivity contribution in [1.29, 1.82) is 0 Å². The van der Waals surface area contributed by atoms with E-state index in [2.05, 4.69) is 29.2 Å². The summed E-state index contributed by atoms with van der Waals surface area (Å²) in [6, 6.07) is 15.0. The lowest BCUT2D eigenvalue weighted by Crippen LogP contribution is -2.84. The van der Waals surface area contributed by atoms with E-state index in [1.807, 2.05) is 25.3 Å². The van der Waals surface area contributed by atoms with Crippen LogP contribution in [0.1, 0.15) is 61.6 Å². The Hall–Kier alpha value is -2.61. The molecule has 0 amide bonds. The first-order valence-corrected chi connectivity index (χ1v) is 16.0. The second kappa shape index (κ2) is 9.70. The quantitative estimate of drug-likeness (QED) is 0.395. The fraction of sp³-hybridized carbons (Fsp3) is 0.629. The summed E-state index contributed by atoms with van der Waals surface area (Å²) in [7, 11) is 3.58. The van der Waals surface area contributed by atoms with Gasteiger partial charge in [0, 0.05) is 48.4 Å². The van der Waals surface area contributed by atoms with Gasteiger partial charge in [-0.3, -0.25) is 9.69 Å². The Morgan fingerprint density at radius 3 is 2.64 bits per heavy atom. The molecule has 2 heterocycles. The molecule has 7 aliphatic rings. The zero-order valence-electron chi connectivity index (χ0n) is 24.8. The van der Waals surface area contributed by atoms with Crippen molar-refractivity contribution in [2.45, 2.75) is 81.1 Å². The summed E-state index contributed by atoms with van der Waals surface area (Å²) in [4.78, 5) is 15.0. The molecule has 4 bridgehead atoms. The van der Waals surface area contributed by atoms with Crippen LogP contribution in [-0.2, 0) is 32.7 Å². The van der Waals surface area contributed by atoms with Crippen molar-refractivity contribution in [3.63, 3.8) is 0 Å². The highest BCUT2D eigenvalue weighted by molar-refractivity contribution is 5.67. The molecule has 2 aliphatic heterocycles. The summed E-state index contributed by atoms with van der Waals surface area (Å²) in [5, 5.41) is 10.00. The molecule has 2 aromatic rings. The second-order valence-corrected chi connectivity index (χ2v) is 13.9. The lowest BCUT2D eigenvalue weighted by Gasteiger charge is -2.76. The van der Waals surface area contributed by atoms with Crippen LogP contribution in [0.2, 0.25) is 0 Å². The SMILES string of the molecule is COc1ccc2c3c1O[C@H]1[C@@]4(OC)CC[C@@]5([C@@H](CCC(=O)O)[C@@H]4COCc4ccccc4)[C@@H](C2)N(CC2CC2)CC[C@]315. The number of likely N-dealkylation sites (tertiary alicyclic amines) is 1. The number of rotatable bonds is 11. The van der Waals surface area contributed by atoms with Gasteiger partial charge in [-0.2, -0.15) is 0 Å². The minimum atomic E-state index is -0.724. The van der Waals surface area contributed by atoms with Crippen LogP contribution in [0.5, 0.6) is 11.5 Å². The lowest BCUT2D eigenvalue weighted by atomic mass is 9.31. The molecule has 0 aromatic heterocycles. The first kappa shape index (κ1) is 27.0. The van der Waals surface area contributed by atoms with E-state index in [0.29, 0.717) is 25.7 Å². The number of hydrogen-bond acceptors (Lipinski definition) is 6. The van der Waals surface area contributed by atoms with Crippen molar-refractivity contribution in [3.8, 4) is 11.5 Å². The maximum Gasteiger partial charge on any atom is 0.303 e. The number of fused-ring (bicyclic) bond motifs is 2. The van der Waals surface area contributed by atoms with Gasteiger partial charge in [-0.25, -0.2) is 0 Å². The van der Waals surface area contributed by atoms with E-state index in [4.69, 9.17) is 18.9 Å². The molecule has 224 valence electrons. The third-order valence-corrected chi connectivity index (χ3v) is 12.4. The van der Waals surface area contributed by atoms with Crippen molar-refractivity contribution >= 4 is 5.97 Å². The number of methoxy groups -OCH3 is 2. The lowest BCUT2D eigenvalue weighted by molar-refractivity contribution is -0.312. The van der Waals surface area contributed by atoms with Crippen molar-refractivity contribution in [3.05, 3.63) is 59.2 Å². The average Bonchev–Trinajstić information content (AvgIpc) is 3.75. The Morgan fingerprint density at radius 1 is 1.07 bits per heavy atom. The molecule has 9 rings (SSSR count). The Kier molecular flexibility index (Phi) is 6.23. The number of hydrogen-bond donors (Lipinski definition) is 1. The Labute approximate surface area is 248 Å². The normalized spacial score (nSPS) is 37.3. The largest absolute Gasteiger partial charge is 0.493 e. The summed E-state index contributed by atoms with van der Waals surface area (Å²) >= 11 is 0. The van der Waals surface area contributed by atoms with Gasteiger partial charge in [0.05, 0.1) is 20.3 Å². The van der Waals surface area contributed by atoms with Crippen LogP contribution in [0.3, 0.4) is 0 Å². The number of ether oxygens (including phenoxy) is 4. The van der Waals surface area contributed by atoms with Gasteiger partial charge < -0.3 is 24.1 Å². The molecular weight excluding hydrogens is 530 g/mol. The zero-order valence-corrected chi connectivity index (χ0v) is 24.8. The highest BCUT2D eigenvalue weighted by atomic mass is 16.6. The molecule has 2 aromatic carbocycles. The van der Waals surface area contributed by atoms with E-state index < -0.39 is 11.6 Å². The molecule has 5 aliphatic carbocycles. The van der Waals surface area contributed by atoms with Gasteiger partial charge in [-0.05, 0) is 80.5 Å². The van der Waals surface area contributed by atoms with Crippen molar-refractivity contribution in [1.82, 2.24) is 4.90 Å². The van der Waals surface area contributed by atoms with Gasteiger partial charge in [-0.15, -0.1) is 0 Å². The molecule has 1 saturated heterocycles. The number of benzene rings is 2. The van der Waals surface area contributed by atoms with Gasteiger partial charge in [-0.1, -0.05) is 36.4 Å². The van der Waals surface area contributed by atoms with Gasteiger partial charge in [0.2, 0.25) is 0 Å². The highest BCUT2D eigenvalue weighted by Gasteiger charge is 2.83. The van der Waals surface area contributed by atoms with Crippen LogP contribution >= 0.6 is 0 Å². The number of piperidine rings is 1. The van der Waals surface area contributed by atoms with Crippen molar-refractivity contribution in [2.24, 2.45) is 23.2 Å². The Balaban J connectivity index is 1.29.